The van der Waals surface area contributed by atoms with Gasteiger partial charge in [-0.05, 0) is 26.3 Å². The van der Waals surface area contributed by atoms with Crippen LogP contribution in [0.5, 0.6) is 0 Å². The predicted octanol–water partition coefficient (Wildman–Crippen LogP) is -0.565. The van der Waals surface area contributed by atoms with Gasteiger partial charge in [-0.25, -0.2) is 0 Å². The van der Waals surface area contributed by atoms with Gasteiger partial charge in [0.25, 0.3) is 0 Å². The fourth-order valence-electron chi connectivity index (χ4n) is 0.585. The van der Waals surface area contributed by atoms with Gasteiger partial charge in [0.15, 0.2) is 0 Å². The van der Waals surface area contributed by atoms with E-state index in [0.717, 1.165) is 12.8 Å². The van der Waals surface area contributed by atoms with E-state index >= 15 is 0 Å². The molecule has 0 aromatic carbocycles. The Morgan fingerprint density at radius 3 is 2.44 bits per heavy atom. The van der Waals surface area contributed by atoms with Crippen molar-refractivity contribution in [3.63, 3.8) is 0 Å². The highest BCUT2D eigenvalue weighted by Gasteiger charge is 2.14. The van der Waals surface area contributed by atoms with Gasteiger partial charge in [-0.15, -0.1) is 0 Å². The lowest BCUT2D eigenvalue weighted by atomic mass is 9.99. The Morgan fingerprint density at radius 2 is 2.11 bits per heavy atom. The molecular formula is C6H16N2O. The Morgan fingerprint density at radius 1 is 1.56 bits per heavy atom. The van der Waals surface area contributed by atoms with Gasteiger partial charge in [-0.1, -0.05) is 0 Å². The van der Waals surface area contributed by atoms with Gasteiger partial charge in [0.1, 0.15) is 0 Å². The lowest BCUT2D eigenvalue weighted by Gasteiger charge is -2.20. The molecule has 0 aromatic heterocycles. The van der Waals surface area contributed by atoms with Crippen molar-refractivity contribution in [3.05, 3.63) is 0 Å². The van der Waals surface area contributed by atoms with Crippen LogP contribution < -0.4 is 11.5 Å². The van der Waals surface area contributed by atoms with E-state index in [4.69, 9.17) is 16.6 Å². The molecule has 0 aromatic rings. The summed E-state index contributed by atoms with van der Waals surface area (Å²) in [6.45, 7) is 2.50. The van der Waals surface area contributed by atoms with E-state index in [0.29, 0.717) is 6.54 Å². The first-order valence-corrected chi connectivity index (χ1v) is 3.22. The maximum absolute atomic E-state index is 8.65. The molecule has 0 spiro atoms. The van der Waals surface area contributed by atoms with Crippen molar-refractivity contribution in [1.29, 1.82) is 0 Å². The maximum Gasteiger partial charge on any atom is 0.0608 e. The minimum absolute atomic E-state index is 0.0347. The molecule has 0 rings (SSSR count). The Hall–Kier alpha value is -0.120. The highest BCUT2D eigenvalue weighted by atomic mass is 16.3. The summed E-state index contributed by atoms with van der Waals surface area (Å²) < 4.78 is 0. The summed E-state index contributed by atoms with van der Waals surface area (Å²) in [6.07, 6.45) is 1.67. The zero-order valence-corrected chi connectivity index (χ0v) is 5.93. The van der Waals surface area contributed by atoms with Crippen molar-refractivity contribution in [3.8, 4) is 0 Å². The van der Waals surface area contributed by atoms with Gasteiger partial charge < -0.3 is 16.6 Å². The fourth-order valence-corrected chi connectivity index (χ4v) is 0.585. The van der Waals surface area contributed by atoms with Crippen LogP contribution in [0.2, 0.25) is 0 Å². The third kappa shape index (κ3) is 4.39. The first kappa shape index (κ1) is 8.88. The number of aliphatic hydroxyl groups is 1. The molecule has 0 aliphatic rings. The maximum atomic E-state index is 8.65. The van der Waals surface area contributed by atoms with Gasteiger partial charge in [0.05, 0.1) is 6.61 Å². The summed E-state index contributed by atoms with van der Waals surface area (Å²) >= 11 is 0. The molecule has 56 valence electrons. The largest absolute Gasteiger partial charge is 0.394 e. The average molecular weight is 132 g/mol. The third-order valence-electron chi connectivity index (χ3n) is 1.31. The summed E-state index contributed by atoms with van der Waals surface area (Å²) in [5.41, 5.74) is 10.4. The Kier molecular flexibility index (Phi) is 3.77. The number of aliphatic hydroxyl groups excluding tert-OH is 1. The quantitative estimate of drug-likeness (QED) is 0.480. The van der Waals surface area contributed by atoms with E-state index in [-0.39, 0.29) is 6.61 Å². The van der Waals surface area contributed by atoms with Crippen LogP contribution in [0.1, 0.15) is 19.8 Å². The molecule has 3 nitrogen and oxygen atoms in total. The Bertz CT molecular complexity index is 73.5. The van der Waals surface area contributed by atoms with Gasteiger partial charge in [-0.3, -0.25) is 0 Å². The van der Waals surface area contributed by atoms with Crippen molar-refractivity contribution in [1.82, 2.24) is 0 Å². The second-order valence-corrected chi connectivity index (χ2v) is 2.70. The molecule has 0 radical (unpaired) electrons. The summed E-state index contributed by atoms with van der Waals surface area (Å²) in [7, 11) is 0. The monoisotopic (exact) mass is 132 g/mol. The van der Waals surface area contributed by atoms with E-state index in [2.05, 4.69) is 0 Å². The van der Waals surface area contributed by atoms with Crippen LogP contribution in [0.3, 0.4) is 0 Å². The first-order chi connectivity index (χ1) is 4.12. The SMILES string of the molecule is CC(N)(CO)CCCN. The summed E-state index contributed by atoms with van der Waals surface area (Å²) in [5.74, 6) is 0. The minimum Gasteiger partial charge on any atom is -0.394 e. The molecule has 0 heterocycles. The van der Waals surface area contributed by atoms with Crippen LogP contribution in [0, 0.1) is 0 Å². The zero-order valence-electron chi connectivity index (χ0n) is 5.93. The van der Waals surface area contributed by atoms with Crippen molar-refractivity contribution in [2.24, 2.45) is 11.5 Å². The van der Waals surface area contributed by atoms with Crippen molar-refractivity contribution >= 4 is 0 Å². The number of nitrogens with two attached hydrogens (primary N) is 2. The third-order valence-corrected chi connectivity index (χ3v) is 1.31. The van der Waals surface area contributed by atoms with E-state index < -0.39 is 5.54 Å². The van der Waals surface area contributed by atoms with Crippen molar-refractivity contribution in [2.45, 2.75) is 25.3 Å². The molecule has 0 bridgehead atoms. The van der Waals surface area contributed by atoms with Crippen molar-refractivity contribution in [2.75, 3.05) is 13.2 Å². The zero-order chi connectivity index (χ0) is 7.33. The normalized spacial score (nSPS) is 17.3. The molecule has 0 saturated heterocycles. The van der Waals surface area contributed by atoms with Crippen LogP contribution in [-0.2, 0) is 0 Å². The van der Waals surface area contributed by atoms with Crippen molar-refractivity contribution < 1.29 is 5.11 Å². The Labute approximate surface area is 56.0 Å². The number of hydrogen-bond donors (Lipinski definition) is 3. The van der Waals surface area contributed by atoms with Crippen LogP contribution in [0.25, 0.3) is 0 Å². The molecule has 9 heavy (non-hydrogen) atoms. The lowest BCUT2D eigenvalue weighted by Crippen LogP contribution is -2.40. The minimum atomic E-state index is -0.431. The highest BCUT2D eigenvalue weighted by molar-refractivity contribution is 4.76. The standard InChI is InChI=1S/C6H16N2O/c1-6(8,5-9)3-2-4-7/h9H,2-5,7-8H2,1H3. The summed E-state index contributed by atoms with van der Waals surface area (Å²) in [6, 6.07) is 0. The molecule has 0 saturated carbocycles. The average Bonchev–Trinajstić information content (AvgIpc) is 1.84. The van der Waals surface area contributed by atoms with Gasteiger partial charge in [0, 0.05) is 5.54 Å². The van der Waals surface area contributed by atoms with Crippen LogP contribution in [-0.4, -0.2) is 23.8 Å². The predicted molar refractivity (Wildman–Crippen MR) is 38.0 cm³/mol. The molecule has 0 aliphatic carbocycles. The first-order valence-electron chi connectivity index (χ1n) is 3.22. The van der Waals surface area contributed by atoms with E-state index in [1.54, 1.807) is 0 Å². The van der Waals surface area contributed by atoms with Gasteiger partial charge >= 0.3 is 0 Å². The van der Waals surface area contributed by atoms with Crippen LogP contribution >= 0.6 is 0 Å². The van der Waals surface area contributed by atoms with E-state index in [9.17, 15) is 0 Å². The number of hydrogen-bond acceptors (Lipinski definition) is 3. The molecule has 1 unspecified atom stereocenters. The summed E-state index contributed by atoms with van der Waals surface area (Å²) in [5, 5.41) is 8.65. The van der Waals surface area contributed by atoms with Crippen LogP contribution in [0.15, 0.2) is 0 Å². The second-order valence-electron chi connectivity index (χ2n) is 2.70. The van der Waals surface area contributed by atoms with Gasteiger partial charge in [0.2, 0.25) is 0 Å². The summed E-state index contributed by atoms with van der Waals surface area (Å²) in [4.78, 5) is 0. The molecule has 3 heteroatoms. The molecule has 0 aliphatic heterocycles. The highest BCUT2D eigenvalue weighted by Crippen LogP contribution is 2.05. The smallest absolute Gasteiger partial charge is 0.0608 e. The molecule has 0 amide bonds. The van der Waals surface area contributed by atoms with E-state index in [1.807, 2.05) is 6.92 Å². The lowest BCUT2D eigenvalue weighted by molar-refractivity contribution is 0.199. The topological polar surface area (TPSA) is 72.3 Å². The fraction of sp³-hybridized carbons (Fsp3) is 1.00. The second kappa shape index (κ2) is 3.82. The molecule has 5 N–H and O–H groups in total. The molecule has 0 fully saturated rings. The number of rotatable bonds is 4. The molecular weight excluding hydrogens is 116 g/mol. The Balaban J connectivity index is 3.33. The van der Waals surface area contributed by atoms with Gasteiger partial charge in [-0.2, -0.15) is 0 Å². The van der Waals surface area contributed by atoms with E-state index in [1.165, 1.54) is 0 Å². The molecule has 1 atom stereocenters. The van der Waals surface area contributed by atoms with Crippen LogP contribution in [0.4, 0.5) is 0 Å².